The third-order valence-corrected chi connectivity index (χ3v) is 1.40. The van der Waals surface area contributed by atoms with Crippen LogP contribution in [0.5, 0.6) is 0 Å². The van der Waals surface area contributed by atoms with E-state index in [-0.39, 0.29) is 5.54 Å². The van der Waals surface area contributed by atoms with Crippen LogP contribution in [-0.2, 0) is 4.79 Å². The van der Waals surface area contributed by atoms with Crippen LogP contribution in [0.15, 0.2) is 0 Å². The highest BCUT2D eigenvalue weighted by atomic mass is 16.1. The molecule has 0 aliphatic carbocycles. The summed E-state index contributed by atoms with van der Waals surface area (Å²) in [5.41, 5.74) is 0.155. The molecule has 0 fully saturated rings. The lowest BCUT2D eigenvalue weighted by Crippen LogP contribution is -2.42. The molecule has 0 aromatic rings. The van der Waals surface area contributed by atoms with Crippen LogP contribution in [0.3, 0.4) is 0 Å². The third-order valence-electron chi connectivity index (χ3n) is 1.40. The molecule has 0 aromatic carbocycles. The van der Waals surface area contributed by atoms with Gasteiger partial charge in [-0.05, 0) is 34.1 Å². The maximum atomic E-state index is 10.0. The Morgan fingerprint density at radius 3 is 2.36 bits per heavy atom. The predicted octanol–water partition coefficient (Wildman–Crippen LogP) is 1.74. The van der Waals surface area contributed by atoms with Crippen molar-refractivity contribution < 1.29 is 4.79 Å². The largest absolute Gasteiger partial charge is 0.310 e. The zero-order chi connectivity index (χ0) is 8.91. The van der Waals surface area contributed by atoms with E-state index in [2.05, 4.69) is 33.0 Å². The van der Waals surface area contributed by atoms with Gasteiger partial charge >= 0.3 is 0 Å². The number of hydrogen-bond acceptors (Lipinski definition) is 2. The van der Waals surface area contributed by atoms with E-state index in [1.165, 1.54) is 0 Å². The van der Waals surface area contributed by atoms with Crippen molar-refractivity contribution in [3.05, 3.63) is 0 Å². The molecular formula is C9H19NO. The number of aldehydes is 1. The Hall–Kier alpha value is -0.370. The summed E-state index contributed by atoms with van der Waals surface area (Å²) in [4.78, 5) is 10.0. The quantitative estimate of drug-likeness (QED) is 0.630. The lowest BCUT2D eigenvalue weighted by molar-refractivity contribution is -0.108. The van der Waals surface area contributed by atoms with E-state index in [9.17, 15) is 4.79 Å². The molecule has 0 bridgehead atoms. The fourth-order valence-electron chi connectivity index (χ4n) is 1.13. The summed E-state index contributed by atoms with van der Waals surface area (Å²) in [7, 11) is 0. The van der Waals surface area contributed by atoms with E-state index in [0.717, 1.165) is 12.7 Å². The summed E-state index contributed by atoms with van der Waals surface area (Å²) in [5, 5.41) is 3.40. The van der Waals surface area contributed by atoms with Gasteiger partial charge in [0.15, 0.2) is 0 Å². The maximum absolute atomic E-state index is 10.0. The van der Waals surface area contributed by atoms with Gasteiger partial charge in [0.1, 0.15) is 6.29 Å². The minimum atomic E-state index is 0.155. The molecule has 0 aromatic heterocycles. The van der Waals surface area contributed by atoms with Crippen LogP contribution < -0.4 is 5.32 Å². The van der Waals surface area contributed by atoms with Crippen molar-refractivity contribution in [2.45, 2.75) is 52.1 Å². The lowest BCUT2D eigenvalue weighted by Gasteiger charge is -2.25. The summed E-state index contributed by atoms with van der Waals surface area (Å²) in [6.45, 7) is 8.49. The molecule has 0 saturated carbocycles. The highest BCUT2D eigenvalue weighted by molar-refractivity contribution is 5.49. The molecule has 66 valence electrons. The van der Waals surface area contributed by atoms with Gasteiger partial charge in [-0.2, -0.15) is 0 Å². The van der Waals surface area contributed by atoms with E-state index < -0.39 is 0 Å². The fraction of sp³-hybridized carbons (Fsp3) is 0.889. The molecule has 0 aliphatic heterocycles. The molecule has 2 heteroatoms. The molecular weight excluding hydrogens is 138 g/mol. The Morgan fingerprint density at radius 1 is 1.45 bits per heavy atom. The number of carbonyl (C=O) groups excluding carboxylic acids is 1. The van der Waals surface area contributed by atoms with E-state index in [0.29, 0.717) is 12.5 Å². The van der Waals surface area contributed by atoms with Crippen molar-refractivity contribution in [1.82, 2.24) is 5.32 Å². The van der Waals surface area contributed by atoms with E-state index in [1.807, 2.05) is 0 Å². The van der Waals surface area contributed by atoms with Crippen LogP contribution >= 0.6 is 0 Å². The molecule has 0 radical (unpaired) electrons. The van der Waals surface area contributed by atoms with E-state index in [1.54, 1.807) is 0 Å². The van der Waals surface area contributed by atoms with Crippen LogP contribution in [0.25, 0.3) is 0 Å². The predicted molar refractivity (Wildman–Crippen MR) is 47.6 cm³/mol. The van der Waals surface area contributed by atoms with Crippen LogP contribution in [-0.4, -0.2) is 17.9 Å². The van der Waals surface area contributed by atoms with Crippen molar-refractivity contribution in [2.75, 3.05) is 0 Å². The van der Waals surface area contributed by atoms with E-state index >= 15 is 0 Å². The highest BCUT2D eigenvalue weighted by Gasteiger charge is 2.12. The summed E-state index contributed by atoms with van der Waals surface area (Å²) in [6.07, 6.45) is 2.56. The Morgan fingerprint density at radius 2 is 2.00 bits per heavy atom. The van der Waals surface area contributed by atoms with Crippen LogP contribution in [0, 0.1) is 0 Å². The van der Waals surface area contributed by atoms with Crippen LogP contribution in [0.2, 0.25) is 0 Å². The molecule has 0 rings (SSSR count). The summed E-state index contributed by atoms with van der Waals surface area (Å²) < 4.78 is 0. The first-order valence-electron chi connectivity index (χ1n) is 4.17. The fourth-order valence-corrected chi connectivity index (χ4v) is 1.13. The molecule has 1 atom stereocenters. The molecule has 1 unspecified atom stereocenters. The zero-order valence-electron chi connectivity index (χ0n) is 7.98. The maximum Gasteiger partial charge on any atom is 0.120 e. The van der Waals surface area contributed by atoms with Crippen molar-refractivity contribution in [1.29, 1.82) is 0 Å². The molecule has 0 aliphatic rings. The highest BCUT2D eigenvalue weighted by Crippen LogP contribution is 2.03. The second-order valence-corrected chi connectivity index (χ2v) is 4.04. The minimum absolute atomic E-state index is 0.155. The average molecular weight is 157 g/mol. The Kier molecular flexibility index (Phi) is 4.34. The van der Waals surface area contributed by atoms with Gasteiger partial charge in [0.25, 0.3) is 0 Å². The number of nitrogens with one attached hydrogen (secondary N) is 1. The van der Waals surface area contributed by atoms with Gasteiger partial charge < -0.3 is 10.1 Å². The zero-order valence-corrected chi connectivity index (χ0v) is 7.98. The lowest BCUT2D eigenvalue weighted by atomic mass is 10.1. The molecule has 0 heterocycles. The first-order valence-corrected chi connectivity index (χ1v) is 4.17. The molecule has 0 spiro atoms. The second-order valence-electron chi connectivity index (χ2n) is 4.04. The second kappa shape index (κ2) is 4.50. The number of rotatable bonds is 4. The topological polar surface area (TPSA) is 29.1 Å². The van der Waals surface area contributed by atoms with E-state index in [4.69, 9.17) is 0 Å². The van der Waals surface area contributed by atoms with Gasteiger partial charge in [-0.15, -0.1) is 0 Å². The summed E-state index contributed by atoms with van der Waals surface area (Å²) in [6, 6.07) is 0.431. The first kappa shape index (κ1) is 10.6. The third kappa shape index (κ3) is 7.53. The van der Waals surface area contributed by atoms with Gasteiger partial charge in [-0.25, -0.2) is 0 Å². The standard InChI is InChI=1S/C9H19NO/c1-8(6-5-7-11)10-9(2,3)4/h7-8,10H,5-6H2,1-4H3. The first-order chi connectivity index (χ1) is 4.95. The minimum Gasteiger partial charge on any atom is -0.310 e. The Labute approximate surface area is 69.4 Å². The molecule has 11 heavy (non-hydrogen) atoms. The van der Waals surface area contributed by atoms with Crippen LogP contribution in [0.4, 0.5) is 0 Å². The van der Waals surface area contributed by atoms with Gasteiger partial charge in [-0.1, -0.05) is 0 Å². The SMILES string of the molecule is CC(CCC=O)NC(C)(C)C. The summed E-state index contributed by atoms with van der Waals surface area (Å²) in [5.74, 6) is 0. The number of hydrogen-bond donors (Lipinski definition) is 1. The van der Waals surface area contributed by atoms with Gasteiger partial charge in [0.2, 0.25) is 0 Å². The molecule has 2 nitrogen and oxygen atoms in total. The van der Waals surface area contributed by atoms with Crippen molar-refractivity contribution >= 4 is 6.29 Å². The molecule has 1 N–H and O–H groups in total. The summed E-state index contributed by atoms with van der Waals surface area (Å²) >= 11 is 0. The molecule has 0 amide bonds. The van der Waals surface area contributed by atoms with Gasteiger partial charge in [0, 0.05) is 18.0 Å². The van der Waals surface area contributed by atoms with Crippen molar-refractivity contribution in [3.63, 3.8) is 0 Å². The molecule has 0 saturated heterocycles. The van der Waals surface area contributed by atoms with Crippen molar-refractivity contribution in [3.8, 4) is 0 Å². The van der Waals surface area contributed by atoms with Crippen LogP contribution in [0.1, 0.15) is 40.5 Å². The smallest absolute Gasteiger partial charge is 0.120 e. The van der Waals surface area contributed by atoms with Gasteiger partial charge in [0.05, 0.1) is 0 Å². The Balaban J connectivity index is 3.51. The Bertz CT molecular complexity index is 115. The van der Waals surface area contributed by atoms with Gasteiger partial charge in [-0.3, -0.25) is 0 Å². The average Bonchev–Trinajstić information content (AvgIpc) is 1.79. The monoisotopic (exact) mass is 157 g/mol. The number of carbonyl (C=O) groups is 1. The normalized spacial score (nSPS) is 14.5. The van der Waals surface area contributed by atoms with Crippen molar-refractivity contribution in [2.24, 2.45) is 0 Å².